The molecule has 0 saturated carbocycles. The third kappa shape index (κ3) is 3.23. The van der Waals surface area contributed by atoms with Crippen molar-refractivity contribution in [3.8, 4) is 0 Å². The molecule has 1 unspecified atom stereocenters. The van der Waals surface area contributed by atoms with Gasteiger partial charge in [-0.25, -0.2) is 4.98 Å². The summed E-state index contributed by atoms with van der Waals surface area (Å²) in [6.07, 6.45) is 8.42. The van der Waals surface area contributed by atoms with E-state index in [1.165, 1.54) is 12.8 Å². The summed E-state index contributed by atoms with van der Waals surface area (Å²) in [5.41, 5.74) is 0.297. The smallest absolute Gasteiger partial charge is 0.222 e. The van der Waals surface area contributed by atoms with Gasteiger partial charge in [0, 0.05) is 49.6 Å². The van der Waals surface area contributed by atoms with Crippen LogP contribution >= 0.6 is 11.3 Å². The zero-order chi connectivity index (χ0) is 14.7. The first kappa shape index (κ1) is 14.8. The minimum atomic E-state index is 0.297. The number of nitrogens with zero attached hydrogens (tertiary/aromatic N) is 3. The molecule has 1 spiro atoms. The molecule has 21 heavy (non-hydrogen) atoms. The Morgan fingerprint density at radius 3 is 3.05 bits per heavy atom. The number of piperidine rings is 2. The summed E-state index contributed by atoms with van der Waals surface area (Å²) >= 11 is 1.73. The van der Waals surface area contributed by atoms with Gasteiger partial charge < -0.3 is 9.80 Å². The lowest BCUT2D eigenvalue weighted by molar-refractivity contribution is -0.137. The van der Waals surface area contributed by atoms with Crippen molar-refractivity contribution in [3.63, 3.8) is 0 Å². The lowest BCUT2D eigenvalue weighted by Crippen LogP contribution is -2.54. The lowest BCUT2D eigenvalue weighted by Gasteiger charge is -2.48. The Morgan fingerprint density at radius 2 is 2.29 bits per heavy atom. The van der Waals surface area contributed by atoms with Crippen LogP contribution in [0.4, 0.5) is 5.13 Å². The minimum absolute atomic E-state index is 0.297. The van der Waals surface area contributed by atoms with Gasteiger partial charge in [0.2, 0.25) is 5.91 Å². The molecular formula is C16H25N3OS. The molecule has 3 rings (SSSR count). The Bertz CT molecular complexity index is 476. The maximum absolute atomic E-state index is 12.1. The van der Waals surface area contributed by atoms with Crippen LogP contribution < -0.4 is 4.90 Å². The van der Waals surface area contributed by atoms with Crippen molar-refractivity contribution in [2.24, 2.45) is 5.41 Å². The van der Waals surface area contributed by atoms with Gasteiger partial charge in [-0.2, -0.15) is 0 Å². The van der Waals surface area contributed by atoms with Crippen LogP contribution in [-0.2, 0) is 4.79 Å². The number of unbranched alkanes of at least 4 members (excludes halogenated alkanes) is 1. The van der Waals surface area contributed by atoms with E-state index in [4.69, 9.17) is 0 Å². The first-order valence-electron chi connectivity index (χ1n) is 8.15. The number of carbonyl (C=O) groups is 1. The van der Waals surface area contributed by atoms with E-state index in [0.29, 0.717) is 11.3 Å². The van der Waals surface area contributed by atoms with Crippen molar-refractivity contribution in [2.75, 3.05) is 31.1 Å². The van der Waals surface area contributed by atoms with Gasteiger partial charge in [0.15, 0.2) is 5.13 Å². The Hall–Kier alpha value is -1.10. The molecule has 0 bridgehead atoms. The van der Waals surface area contributed by atoms with E-state index in [9.17, 15) is 4.79 Å². The van der Waals surface area contributed by atoms with E-state index in [1.807, 2.05) is 6.20 Å². The van der Waals surface area contributed by atoms with Crippen molar-refractivity contribution in [1.82, 2.24) is 9.88 Å². The third-order valence-corrected chi connectivity index (χ3v) is 5.71. The molecule has 1 amide bonds. The summed E-state index contributed by atoms with van der Waals surface area (Å²) in [5.74, 6) is 0.362. The monoisotopic (exact) mass is 307 g/mol. The summed E-state index contributed by atoms with van der Waals surface area (Å²) in [4.78, 5) is 21.2. The van der Waals surface area contributed by atoms with Crippen molar-refractivity contribution in [2.45, 2.75) is 45.4 Å². The molecule has 3 heterocycles. The van der Waals surface area contributed by atoms with Crippen molar-refractivity contribution >= 4 is 22.4 Å². The first-order valence-corrected chi connectivity index (χ1v) is 9.03. The highest BCUT2D eigenvalue weighted by molar-refractivity contribution is 7.13. The molecule has 1 atom stereocenters. The summed E-state index contributed by atoms with van der Waals surface area (Å²) in [6, 6.07) is 0. The molecule has 116 valence electrons. The van der Waals surface area contributed by atoms with E-state index in [0.717, 1.165) is 57.0 Å². The van der Waals surface area contributed by atoms with Gasteiger partial charge in [0.05, 0.1) is 0 Å². The number of amides is 1. The van der Waals surface area contributed by atoms with Gasteiger partial charge in [-0.15, -0.1) is 11.3 Å². The molecule has 0 N–H and O–H groups in total. The number of carbonyl (C=O) groups excluding carboxylic acids is 1. The number of aromatic nitrogens is 1. The number of likely N-dealkylation sites (tertiary alicyclic amines) is 1. The number of rotatable bonds is 4. The number of hydrogen-bond donors (Lipinski definition) is 0. The second-order valence-electron chi connectivity index (χ2n) is 6.51. The highest BCUT2D eigenvalue weighted by Gasteiger charge is 2.41. The number of hydrogen-bond acceptors (Lipinski definition) is 4. The molecule has 4 nitrogen and oxygen atoms in total. The minimum Gasteiger partial charge on any atom is -0.347 e. The fraction of sp³-hybridized carbons (Fsp3) is 0.750. The number of thiazole rings is 1. The van der Waals surface area contributed by atoms with Crippen LogP contribution in [0.3, 0.4) is 0 Å². The van der Waals surface area contributed by atoms with E-state index in [-0.39, 0.29) is 0 Å². The number of anilines is 1. The fourth-order valence-electron chi connectivity index (χ4n) is 3.73. The van der Waals surface area contributed by atoms with Crippen LogP contribution in [-0.4, -0.2) is 42.0 Å². The Kier molecular flexibility index (Phi) is 4.48. The Labute approximate surface area is 131 Å². The van der Waals surface area contributed by atoms with E-state index >= 15 is 0 Å². The third-order valence-electron chi connectivity index (χ3n) is 4.88. The summed E-state index contributed by atoms with van der Waals surface area (Å²) < 4.78 is 0. The van der Waals surface area contributed by atoms with Crippen LogP contribution in [0.2, 0.25) is 0 Å². The average Bonchev–Trinajstić information content (AvgIpc) is 3.03. The molecule has 2 aliphatic heterocycles. The maximum atomic E-state index is 12.1. The van der Waals surface area contributed by atoms with Gasteiger partial charge in [-0.1, -0.05) is 13.3 Å². The molecule has 0 aliphatic carbocycles. The highest BCUT2D eigenvalue weighted by Crippen LogP contribution is 2.40. The van der Waals surface area contributed by atoms with Gasteiger partial charge in [-0.05, 0) is 25.7 Å². The topological polar surface area (TPSA) is 36.4 Å². The van der Waals surface area contributed by atoms with Crippen LogP contribution in [0.1, 0.15) is 45.4 Å². The molecule has 5 heteroatoms. The molecule has 0 radical (unpaired) electrons. The van der Waals surface area contributed by atoms with Gasteiger partial charge in [0.25, 0.3) is 0 Å². The standard InChI is InChI=1S/C16H25N3OS/c1-2-3-9-18-12-16(7-5-14(18)20)6-4-10-19(13-16)15-17-8-11-21-15/h8,11H,2-7,9-10,12-13H2,1H3. The maximum Gasteiger partial charge on any atom is 0.222 e. The predicted octanol–water partition coefficient (Wildman–Crippen LogP) is 3.15. The highest BCUT2D eigenvalue weighted by atomic mass is 32.1. The first-order chi connectivity index (χ1) is 10.2. The quantitative estimate of drug-likeness (QED) is 0.857. The van der Waals surface area contributed by atoms with Gasteiger partial charge in [0.1, 0.15) is 0 Å². The normalized spacial score (nSPS) is 26.6. The van der Waals surface area contributed by atoms with Gasteiger partial charge >= 0.3 is 0 Å². The zero-order valence-corrected chi connectivity index (χ0v) is 13.7. The van der Waals surface area contributed by atoms with Crippen LogP contribution in [0, 0.1) is 5.41 Å². The van der Waals surface area contributed by atoms with E-state index < -0.39 is 0 Å². The molecule has 0 aromatic carbocycles. The second kappa shape index (κ2) is 6.34. The molecule has 1 aromatic rings. The average molecular weight is 307 g/mol. The summed E-state index contributed by atoms with van der Waals surface area (Å²) in [6.45, 7) is 6.26. The fourth-order valence-corrected chi connectivity index (χ4v) is 4.40. The van der Waals surface area contributed by atoms with Gasteiger partial charge in [-0.3, -0.25) is 4.79 Å². The van der Waals surface area contributed by atoms with Crippen LogP contribution in [0.25, 0.3) is 0 Å². The predicted molar refractivity (Wildman–Crippen MR) is 86.7 cm³/mol. The van der Waals surface area contributed by atoms with Crippen molar-refractivity contribution in [1.29, 1.82) is 0 Å². The second-order valence-corrected chi connectivity index (χ2v) is 7.38. The van der Waals surface area contributed by atoms with Crippen molar-refractivity contribution in [3.05, 3.63) is 11.6 Å². The SMILES string of the molecule is CCCCN1CC2(CCCN(c3nccs3)C2)CCC1=O. The Balaban J connectivity index is 1.69. The molecular weight excluding hydrogens is 282 g/mol. The summed E-state index contributed by atoms with van der Waals surface area (Å²) in [7, 11) is 0. The van der Waals surface area contributed by atoms with E-state index in [1.54, 1.807) is 11.3 Å². The lowest BCUT2D eigenvalue weighted by atomic mass is 9.73. The van der Waals surface area contributed by atoms with Crippen LogP contribution in [0.5, 0.6) is 0 Å². The Morgan fingerprint density at radius 1 is 1.38 bits per heavy atom. The largest absolute Gasteiger partial charge is 0.347 e. The molecule has 2 aliphatic rings. The van der Waals surface area contributed by atoms with E-state index in [2.05, 4.69) is 27.1 Å². The van der Waals surface area contributed by atoms with Crippen molar-refractivity contribution < 1.29 is 4.79 Å². The molecule has 2 fully saturated rings. The molecule has 2 saturated heterocycles. The zero-order valence-electron chi connectivity index (χ0n) is 12.9. The molecule has 1 aromatic heterocycles. The summed E-state index contributed by atoms with van der Waals surface area (Å²) in [5, 5.41) is 3.19. The van der Waals surface area contributed by atoms with Crippen LogP contribution in [0.15, 0.2) is 11.6 Å².